The topological polar surface area (TPSA) is 53.6 Å². The largest absolute Gasteiger partial charge is 0.467 e. The summed E-state index contributed by atoms with van der Waals surface area (Å²) in [5.74, 6) is 0.0940. The average molecular weight is 458 g/mol. The third-order valence-corrected chi connectivity index (χ3v) is 6.89. The van der Waals surface area contributed by atoms with Crippen molar-refractivity contribution in [1.29, 1.82) is 0 Å². The lowest BCUT2D eigenvalue weighted by molar-refractivity contribution is -0.130. The monoisotopic (exact) mass is 457 g/mol. The van der Waals surface area contributed by atoms with E-state index in [0.717, 1.165) is 39.4 Å². The minimum Gasteiger partial charge on any atom is -0.467 e. The highest BCUT2D eigenvalue weighted by molar-refractivity contribution is 7.80. The number of fused-ring (bicyclic) bond motifs is 4. The first-order valence-corrected chi connectivity index (χ1v) is 11.5. The first kappa shape index (κ1) is 21.5. The minimum atomic E-state index is -1.01. The second-order valence-corrected chi connectivity index (χ2v) is 9.47. The van der Waals surface area contributed by atoms with E-state index in [1.165, 1.54) is 0 Å². The number of carbonyl (C=O) groups is 1. The van der Waals surface area contributed by atoms with Crippen molar-refractivity contribution < 1.29 is 9.53 Å². The highest BCUT2D eigenvalue weighted by Gasteiger charge is 2.59. The number of aryl methyl sites for hydroxylation is 3. The van der Waals surface area contributed by atoms with Crippen LogP contribution in [0, 0.1) is 26.7 Å². The third kappa shape index (κ3) is 3.55. The number of nitrogens with one attached hydrogen (secondary N) is 2. The summed E-state index contributed by atoms with van der Waals surface area (Å²) in [7, 11) is 0. The van der Waals surface area contributed by atoms with Crippen LogP contribution < -0.4 is 20.3 Å². The van der Waals surface area contributed by atoms with Gasteiger partial charge in [-0.2, -0.15) is 0 Å². The van der Waals surface area contributed by atoms with Gasteiger partial charge >= 0.3 is 0 Å². The molecule has 3 atom stereocenters. The second kappa shape index (κ2) is 7.89. The Morgan fingerprint density at radius 3 is 2.45 bits per heavy atom. The Hall–Kier alpha value is -3.38. The molecule has 33 heavy (non-hydrogen) atoms. The number of hydrogen-bond donors (Lipinski definition) is 2. The van der Waals surface area contributed by atoms with Gasteiger partial charge in [-0.05, 0) is 69.7 Å². The molecule has 3 unspecified atom stereocenters. The number of hydrogen-bond acceptors (Lipinski definition) is 3. The molecule has 2 bridgehead atoms. The van der Waals surface area contributed by atoms with Crippen LogP contribution in [0.2, 0.25) is 0 Å². The summed E-state index contributed by atoms with van der Waals surface area (Å²) in [6, 6.07) is 21.6. The van der Waals surface area contributed by atoms with E-state index < -0.39 is 11.6 Å². The summed E-state index contributed by atoms with van der Waals surface area (Å²) >= 11 is 5.80. The van der Waals surface area contributed by atoms with Gasteiger partial charge in [-0.1, -0.05) is 53.6 Å². The van der Waals surface area contributed by atoms with Gasteiger partial charge in [-0.25, -0.2) is 0 Å². The first-order valence-electron chi connectivity index (χ1n) is 11.1. The normalized spacial score (nSPS) is 23.3. The molecule has 2 N–H and O–H groups in total. The fourth-order valence-electron chi connectivity index (χ4n) is 5.03. The molecule has 0 aromatic heterocycles. The Balaban J connectivity index is 1.63. The molecule has 3 aromatic carbocycles. The van der Waals surface area contributed by atoms with Gasteiger partial charge < -0.3 is 15.4 Å². The first-order chi connectivity index (χ1) is 15.8. The zero-order chi connectivity index (χ0) is 23.3. The summed E-state index contributed by atoms with van der Waals surface area (Å²) in [6.45, 7) is 8.04. The molecule has 5 rings (SSSR count). The zero-order valence-corrected chi connectivity index (χ0v) is 20.0. The van der Waals surface area contributed by atoms with Gasteiger partial charge in [0.25, 0.3) is 0 Å². The Morgan fingerprint density at radius 1 is 1.03 bits per heavy atom. The molecule has 0 spiro atoms. The number of rotatable bonds is 3. The summed E-state index contributed by atoms with van der Waals surface area (Å²) < 4.78 is 6.64. The number of nitrogens with zero attached hydrogens (tertiary/aromatic N) is 1. The average Bonchev–Trinajstić information content (AvgIpc) is 2.76. The number of ether oxygens (including phenoxy) is 1. The number of para-hydroxylation sites is 1. The number of carbonyl (C=O) groups excluding carboxylic acids is 1. The molecule has 1 amide bonds. The lowest BCUT2D eigenvalue weighted by Gasteiger charge is -2.56. The lowest BCUT2D eigenvalue weighted by atomic mass is 9.78. The number of amides is 1. The Labute approximate surface area is 199 Å². The summed E-state index contributed by atoms with van der Waals surface area (Å²) in [5.41, 5.74) is 4.89. The van der Waals surface area contributed by atoms with Crippen LogP contribution in [-0.4, -0.2) is 16.7 Å². The summed E-state index contributed by atoms with van der Waals surface area (Å²) in [5, 5.41) is 7.16. The molecular weight excluding hydrogens is 430 g/mol. The van der Waals surface area contributed by atoms with E-state index in [4.69, 9.17) is 17.0 Å². The molecule has 168 valence electrons. The van der Waals surface area contributed by atoms with Crippen molar-refractivity contribution in [2.24, 2.45) is 5.92 Å². The van der Waals surface area contributed by atoms with Crippen molar-refractivity contribution in [3.63, 3.8) is 0 Å². The van der Waals surface area contributed by atoms with E-state index in [2.05, 4.69) is 22.8 Å². The van der Waals surface area contributed by atoms with Crippen LogP contribution in [0.1, 0.15) is 35.2 Å². The molecule has 0 aliphatic carbocycles. The molecule has 6 heteroatoms. The van der Waals surface area contributed by atoms with Gasteiger partial charge in [-0.15, -0.1) is 0 Å². The zero-order valence-electron chi connectivity index (χ0n) is 19.2. The maximum absolute atomic E-state index is 13.9. The van der Waals surface area contributed by atoms with Crippen molar-refractivity contribution in [3.8, 4) is 5.75 Å². The molecule has 3 aromatic rings. The maximum Gasteiger partial charge on any atom is 0.236 e. The van der Waals surface area contributed by atoms with E-state index in [0.29, 0.717) is 5.11 Å². The smallest absolute Gasteiger partial charge is 0.236 e. The van der Waals surface area contributed by atoms with Crippen LogP contribution in [0.4, 0.5) is 11.4 Å². The molecule has 0 saturated carbocycles. The van der Waals surface area contributed by atoms with Crippen LogP contribution in [0.3, 0.4) is 0 Å². The van der Waals surface area contributed by atoms with Crippen LogP contribution in [-0.2, 0) is 4.79 Å². The summed E-state index contributed by atoms with van der Waals surface area (Å²) in [4.78, 5) is 15.8. The molecule has 2 aliphatic rings. The fourth-order valence-corrected chi connectivity index (χ4v) is 5.45. The predicted molar refractivity (Wildman–Crippen MR) is 136 cm³/mol. The molecule has 0 radical (unpaired) electrons. The van der Waals surface area contributed by atoms with Gasteiger partial charge in [0.05, 0.1) is 6.04 Å². The van der Waals surface area contributed by atoms with Gasteiger partial charge in [0.1, 0.15) is 11.7 Å². The van der Waals surface area contributed by atoms with Crippen molar-refractivity contribution in [1.82, 2.24) is 5.32 Å². The maximum atomic E-state index is 13.9. The van der Waals surface area contributed by atoms with Crippen LogP contribution >= 0.6 is 12.2 Å². The minimum absolute atomic E-state index is 0.113. The number of benzene rings is 3. The third-order valence-electron chi connectivity index (χ3n) is 6.59. The highest BCUT2D eigenvalue weighted by atomic mass is 32.1. The molecule has 1 saturated heterocycles. The van der Waals surface area contributed by atoms with Gasteiger partial charge in [0.2, 0.25) is 5.91 Å². The van der Waals surface area contributed by atoms with E-state index in [9.17, 15) is 4.79 Å². The Bertz CT molecular complexity index is 1260. The molecule has 2 aliphatic heterocycles. The highest BCUT2D eigenvalue weighted by Crippen LogP contribution is 2.50. The summed E-state index contributed by atoms with van der Waals surface area (Å²) in [6.07, 6.45) is 0. The quantitative estimate of drug-likeness (QED) is 0.515. The lowest BCUT2D eigenvalue weighted by Crippen LogP contribution is -2.72. The van der Waals surface area contributed by atoms with Crippen LogP contribution in [0.15, 0.2) is 66.7 Å². The van der Waals surface area contributed by atoms with Crippen molar-refractivity contribution in [3.05, 3.63) is 89.0 Å². The van der Waals surface area contributed by atoms with E-state index in [-0.39, 0.29) is 11.9 Å². The van der Waals surface area contributed by atoms with E-state index >= 15 is 0 Å². The molecule has 5 nitrogen and oxygen atoms in total. The van der Waals surface area contributed by atoms with Crippen LogP contribution in [0.25, 0.3) is 0 Å². The Kier molecular flexibility index (Phi) is 5.13. The Morgan fingerprint density at radius 2 is 1.73 bits per heavy atom. The predicted octanol–water partition coefficient (Wildman–Crippen LogP) is 5.41. The number of thiocarbonyl (C=S) groups is 1. The standard InChI is InChI=1S/C27H27N3O2S/c1-16-10-12-21(18(3)14-16)28-25(31)23-24-20-15-17(2)11-13-22(20)32-27(23,4)30(26(33)29-24)19-8-6-5-7-9-19/h5-15,23-24H,1-4H3,(H,28,31)(H,29,33). The van der Waals surface area contributed by atoms with Crippen molar-refractivity contribution >= 4 is 34.6 Å². The van der Waals surface area contributed by atoms with Crippen molar-refractivity contribution in [2.45, 2.75) is 39.5 Å². The molecule has 1 fully saturated rings. The van der Waals surface area contributed by atoms with Gasteiger partial charge in [-0.3, -0.25) is 9.69 Å². The van der Waals surface area contributed by atoms with Crippen LogP contribution in [0.5, 0.6) is 5.75 Å². The SMILES string of the molecule is Cc1ccc(NC(=O)C2C3NC(=S)N(c4ccccc4)C2(C)Oc2ccc(C)cc23)c(C)c1. The second-order valence-electron chi connectivity index (χ2n) is 9.08. The van der Waals surface area contributed by atoms with E-state index in [1.807, 2.05) is 87.2 Å². The van der Waals surface area contributed by atoms with E-state index in [1.54, 1.807) is 0 Å². The van der Waals surface area contributed by atoms with Gasteiger partial charge in [0, 0.05) is 16.9 Å². The van der Waals surface area contributed by atoms with Crippen molar-refractivity contribution in [2.75, 3.05) is 10.2 Å². The molecule has 2 heterocycles. The number of anilines is 2. The van der Waals surface area contributed by atoms with Gasteiger partial charge in [0.15, 0.2) is 10.8 Å². The molecular formula is C27H27N3O2S. The fraction of sp³-hybridized carbons (Fsp3) is 0.259.